The molecule has 0 unspecified atom stereocenters. The van der Waals surface area contributed by atoms with E-state index in [0.29, 0.717) is 0 Å². The van der Waals surface area contributed by atoms with Crippen molar-refractivity contribution in [3.05, 3.63) is 0 Å². The van der Waals surface area contributed by atoms with Crippen molar-refractivity contribution in [3.63, 3.8) is 0 Å². The number of rotatable bonds is 1. The van der Waals surface area contributed by atoms with Gasteiger partial charge in [0.1, 0.15) is 0 Å². The van der Waals surface area contributed by atoms with E-state index in [-0.39, 0.29) is 0 Å². The number of hydrogen-bond acceptors (Lipinski definition) is 2. The second-order valence-electron chi connectivity index (χ2n) is 3.39. The Balaban J connectivity index is 0.000000187. The van der Waals surface area contributed by atoms with E-state index in [1.165, 1.54) is 32.4 Å². The maximum Gasteiger partial charge on any atom is -0.00489 e. The molecule has 11 heavy (non-hydrogen) atoms. The summed E-state index contributed by atoms with van der Waals surface area (Å²) < 4.78 is 0. The second kappa shape index (κ2) is 8.41. The molecule has 1 nitrogen and oxygen atoms in total. The van der Waals surface area contributed by atoms with Gasteiger partial charge in [0.25, 0.3) is 0 Å². The molecule has 0 amide bonds. The fourth-order valence-corrected chi connectivity index (χ4v) is 0.802. The van der Waals surface area contributed by atoms with E-state index >= 15 is 0 Å². The second-order valence-corrected chi connectivity index (χ2v) is 3.75. The average molecular weight is 175 g/mol. The predicted molar refractivity (Wildman–Crippen MR) is 55.4 cm³/mol. The first-order valence-corrected chi connectivity index (χ1v) is 5.22. The van der Waals surface area contributed by atoms with E-state index < -0.39 is 0 Å². The van der Waals surface area contributed by atoms with Crippen molar-refractivity contribution in [1.29, 1.82) is 0 Å². The SMILES string of the molecule is C1CCNCC1.CC(C)CS. The molecule has 0 aromatic heterocycles. The molecule has 0 spiro atoms. The van der Waals surface area contributed by atoms with Gasteiger partial charge in [-0.15, -0.1) is 0 Å². The normalized spacial score (nSPS) is 17.5. The maximum absolute atomic E-state index is 4.02. The molecule has 68 valence electrons. The third-order valence-electron chi connectivity index (χ3n) is 1.57. The Morgan fingerprint density at radius 3 is 1.73 bits per heavy atom. The molecule has 0 aromatic rings. The van der Waals surface area contributed by atoms with E-state index in [1.807, 2.05) is 0 Å². The van der Waals surface area contributed by atoms with E-state index in [4.69, 9.17) is 0 Å². The Morgan fingerprint density at radius 2 is 1.64 bits per heavy atom. The fourth-order valence-electron chi connectivity index (χ4n) is 0.802. The van der Waals surface area contributed by atoms with Crippen LogP contribution >= 0.6 is 12.6 Å². The van der Waals surface area contributed by atoms with Gasteiger partial charge in [-0.05, 0) is 37.6 Å². The zero-order chi connectivity index (χ0) is 8.53. The lowest BCUT2D eigenvalue weighted by Gasteiger charge is -2.08. The largest absolute Gasteiger partial charge is 0.317 e. The van der Waals surface area contributed by atoms with Crippen molar-refractivity contribution in [2.75, 3.05) is 18.8 Å². The molecule has 1 aliphatic heterocycles. The van der Waals surface area contributed by atoms with E-state index in [1.54, 1.807) is 0 Å². The molecular weight excluding hydrogens is 154 g/mol. The highest BCUT2D eigenvalue weighted by Crippen LogP contribution is 1.96. The van der Waals surface area contributed by atoms with Crippen molar-refractivity contribution in [2.24, 2.45) is 5.92 Å². The summed E-state index contributed by atoms with van der Waals surface area (Å²) in [6.07, 6.45) is 4.22. The van der Waals surface area contributed by atoms with Crippen molar-refractivity contribution in [3.8, 4) is 0 Å². The molecule has 1 rings (SSSR count). The van der Waals surface area contributed by atoms with Gasteiger partial charge in [0.05, 0.1) is 0 Å². The summed E-state index contributed by atoms with van der Waals surface area (Å²) in [6, 6.07) is 0. The average Bonchev–Trinajstić information content (AvgIpc) is 2.09. The minimum absolute atomic E-state index is 0.748. The summed E-state index contributed by atoms with van der Waals surface area (Å²) in [4.78, 5) is 0. The van der Waals surface area contributed by atoms with Gasteiger partial charge in [-0.25, -0.2) is 0 Å². The molecule has 1 N–H and O–H groups in total. The van der Waals surface area contributed by atoms with Gasteiger partial charge < -0.3 is 5.32 Å². The van der Waals surface area contributed by atoms with Crippen LogP contribution in [0.3, 0.4) is 0 Å². The first-order chi connectivity index (χ1) is 5.27. The molecule has 1 heterocycles. The highest BCUT2D eigenvalue weighted by molar-refractivity contribution is 7.80. The Hall–Kier alpha value is 0.310. The van der Waals surface area contributed by atoms with Gasteiger partial charge in [0, 0.05) is 0 Å². The monoisotopic (exact) mass is 175 g/mol. The standard InChI is InChI=1S/C5H11N.C4H10S/c1-2-4-6-5-3-1;1-4(2)3-5/h6H,1-5H2;4-5H,3H2,1-2H3. The zero-order valence-electron chi connectivity index (χ0n) is 7.77. The third kappa shape index (κ3) is 10.3. The molecule has 0 atom stereocenters. The van der Waals surface area contributed by atoms with Gasteiger partial charge in [-0.3, -0.25) is 0 Å². The Kier molecular flexibility index (Phi) is 8.64. The molecule has 0 aromatic carbocycles. The first kappa shape index (κ1) is 11.3. The number of hydrogen-bond donors (Lipinski definition) is 2. The molecular formula is C9H21NS. The lowest BCUT2D eigenvalue weighted by molar-refractivity contribution is 0.520. The van der Waals surface area contributed by atoms with Crippen LogP contribution in [-0.2, 0) is 0 Å². The van der Waals surface area contributed by atoms with Gasteiger partial charge in [0.2, 0.25) is 0 Å². The van der Waals surface area contributed by atoms with Crippen LogP contribution in [0.25, 0.3) is 0 Å². The van der Waals surface area contributed by atoms with E-state index in [0.717, 1.165) is 11.7 Å². The van der Waals surface area contributed by atoms with Crippen LogP contribution in [0.15, 0.2) is 0 Å². The third-order valence-corrected chi connectivity index (χ3v) is 2.30. The highest BCUT2D eigenvalue weighted by Gasteiger charge is 1.93. The van der Waals surface area contributed by atoms with Crippen LogP contribution in [0.1, 0.15) is 33.1 Å². The zero-order valence-corrected chi connectivity index (χ0v) is 8.66. The Labute approximate surface area is 76.4 Å². The molecule has 0 aliphatic carbocycles. The van der Waals surface area contributed by atoms with Crippen LogP contribution in [0.4, 0.5) is 0 Å². The summed E-state index contributed by atoms with van der Waals surface area (Å²) in [5.41, 5.74) is 0. The smallest absolute Gasteiger partial charge is 0.00489 e. The fraction of sp³-hybridized carbons (Fsp3) is 1.00. The van der Waals surface area contributed by atoms with Gasteiger partial charge >= 0.3 is 0 Å². The molecule has 1 aliphatic rings. The van der Waals surface area contributed by atoms with Crippen LogP contribution in [-0.4, -0.2) is 18.8 Å². The summed E-state index contributed by atoms with van der Waals surface area (Å²) in [7, 11) is 0. The molecule has 1 fully saturated rings. The van der Waals surface area contributed by atoms with E-state index in [9.17, 15) is 0 Å². The lowest BCUT2D eigenvalue weighted by atomic mass is 10.2. The van der Waals surface area contributed by atoms with Gasteiger partial charge in [-0.1, -0.05) is 20.3 Å². The summed E-state index contributed by atoms with van der Waals surface area (Å²) in [6.45, 7) is 6.79. The molecule has 0 bridgehead atoms. The van der Waals surface area contributed by atoms with Crippen molar-refractivity contribution >= 4 is 12.6 Å². The van der Waals surface area contributed by atoms with Gasteiger partial charge in [-0.2, -0.15) is 12.6 Å². The lowest BCUT2D eigenvalue weighted by Crippen LogP contribution is -2.21. The quantitative estimate of drug-likeness (QED) is 0.583. The first-order valence-electron chi connectivity index (χ1n) is 4.59. The minimum atomic E-state index is 0.748. The summed E-state index contributed by atoms with van der Waals surface area (Å²) in [5, 5.41) is 3.28. The topological polar surface area (TPSA) is 12.0 Å². The van der Waals surface area contributed by atoms with Crippen LogP contribution in [0.2, 0.25) is 0 Å². The summed E-state index contributed by atoms with van der Waals surface area (Å²) in [5.74, 6) is 1.75. The maximum atomic E-state index is 4.02. The Morgan fingerprint density at radius 1 is 1.18 bits per heavy atom. The van der Waals surface area contributed by atoms with Gasteiger partial charge in [0.15, 0.2) is 0 Å². The van der Waals surface area contributed by atoms with Crippen LogP contribution in [0.5, 0.6) is 0 Å². The molecule has 0 saturated carbocycles. The van der Waals surface area contributed by atoms with Crippen molar-refractivity contribution in [2.45, 2.75) is 33.1 Å². The van der Waals surface area contributed by atoms with E-state index in [2.05, 4.69) is 31.8 Å². The number of piperidine rings is 1. The summed E-state index contributed by atoms with van der Waals surface area (Å²) >= 11 is 4.02. The minimum Gasteiger partial charge on any atom is -0.317 e. The number of thiol groups is 1. The van der Waals surface area contributed by atoms with Crippen molar-refractivity contribution in [1.82, 2.24) is 5.32 Å². The molecule has 1 saturated heterocycles. The highest BCUT2D eigenvalue weighted by atomic mass is 32.1. The van der Waals surface area contributed by atoms with Crippen molar-refractivity contribution < 1.29 is 0 Å². The van der Waals surface area contributed by atoms with Crippen LogP contribution < -0.4 is 5.32 Å². The molecule has 0 radical (unpaired) electrons. The number of nitrogens with one attached hydrogen (secondary N) is 1. The Bertz CT molecular complexity index is 58.5. The van der Waals surface area contributed by atoms with Crippen LogP contribution in [0, 0.1) is 5.92 Å². The molecule has 2 heteroatoms. The predicted octanol–water partition coefficient (Wildman–Crippen LogP) is 2.33.